The molecule has 4 saturated carbocycles. The normalized spacial score (nSPS) is 38.7. The molecule has 4 aliphatic carbocycles. The molecule has 0 unspecified atom stereocenters. The second kappa shape index (κ2) is 5.89. The summed E-state index contributed by atoms with van der Waals surface area (Å²) in [5.74, 6) is 1.79. The van der Waals surface area contributed by atoms with Crippen LogP contribution < -0.4 is 4.90 Å². The smallest absolute Gasteiger partial charge is 0.228 e. The predicted octanol–water partition coefficient (Wildman–Crippen LogP) is 4.22. The first-order valence-electron chi connectivity index (χ1n) is 10.2. The topological polar surface area (TPSA) is 23.6 Å². The van der Waals surface area contributed by atoms with E-state index in [0.29, 0.717) is 17.7 Å². The van der Waals surface area contributed by atoms with E-state index in [1.54, 1.807) is 0 Å². The highest BCUT2D eigenvalue weighted by Crippen LogP contribution is 2.64. The van der Waals surface area contributed by atoms with Gasteiger partial charge in [0.1, 0.15) is 0 Å². The number of carbonyl (C=O) groups is 1. The van der Waals surface area contributed by atoms with E-state index < -0.39 is 0 Å². The monoisotopic (exact) mass is 372 g/mol. The summed E-state index contributed by atoms with van der Waals surface area (Å²) in [6, 6.07) is 8.69. The Labute approximate surface area is 161 Å². The zero-order valence-electron chi connectivity index (χ0n) is 15.7. The second-order valence-electron chi connectivity index (χ2n) is 9.51. The average Bonchev–Trinajstić information content (AvgIpc) is 2.59. The number of anilines is 1. The van der Waals surface area contributed by atoms with Crippen LogP contribution >= 0.6 is 11.6 Å². The van der Waals surface area contributed by atoms with Crippen molar-refractivity contribution in [2.45, 2.75) is 50.3 Å². The quantitative estimate of drug-likeness (QED) is 0.725. The third-order valence-electron chi connectivity index (χ3n) is 7.38. The molecule has 5 aliphatic rings. The maximum absolute atomic E-state index is 13.5. The highest BCUT2D eigenvalue weighted by atomic mass is 35.5. The molecule has 0 N–H and O–H groups in total. The summed E-state index contributed by atoms with van der Waals surface area (Å²) >= 11 is 6.94. The molecule has 0 spiro atoms. The largest absolute Gasteiger partial charge is 0.368 e. The minimum absolute atomic E-state index is 0.0802. The number of halogens is 1. The number of amides is 1. The van der Waals surface area contributed by atoms with Crippen LogP contribution in [0.25, 0.3) is 0 Å². The first-order valence-corrected chi connectivity index (χ1v) is 10.6. The Morgan fingerprint density at radius 3 is 2.38 bits per heavy atom. The number of aryl methyl sites for hydroxylation is 1. The lowest BCUT2D eigenvalue weighted by Gasteiger charge is -2.60. The number of carbonyl (C=O) groups excluding carboxylic acids is 1. The minimum Gasteiger partial charge on any atom is -0.368 e. The van der Waals surface area contributed by atoms with Gasteiger partial charge in [-0.05, 0) is 75.0 Å². The van der Waals surface area contributed by atoms with Crippen molar-refractivity contribution in [3.63, 3.8) is 0 Å². The minimum atomic E-state index is -0.142. The van der Waals surface area contributed by atoms with Gasteiger partial charge in [0, 0.05) is 36.7 Å². The first kappa shape index (κ1) is 16.9. The highest BCUT2D eigenvalue weighted by molar-refractivity contribution is 6.24. The molecular weight excluding hydrogens is 344 g/mol. The first-order chi connectivity index (χ1) is 12.4. The van der Waals surface area contributed by atoms with Gasteiger partial charge in [-0.15, -0.1) is 11.6 Å². The van der Waals surface area contributed by atoms with Gasteiger partial charge in [-0.25, -0.2) is 0 Å². The van der Waals surface area contributed by atoms with Crippen molar-refractivity contribution in [1.82, 2.24) is 4.90 Å². The van der Waals surface area contributed by atoms with Gasteiger partial charge >= 0.3 is 0 Å². The van der Waals surface area contributed by atoms with Gasteiger partial charge in [-0.1, -0.05) is 12.1 Å². The highest BCUT2D eigenvalue weighted by Gasteiger charge is 2.60. The lowest BCUT2D eigenvalue weighted by molar-refractivity contribution is -0.156. The van der Waals surface area contributed by atoms with Crippen LogP contribution in [0.5, 0.6) is 0 Å². The van der Waals surface area contributed by atoms with Crippen molar-refractivity contribution in [2.75, 3.05) is 31.1 Å². The summed E-state index contributed by atoms with van der Waals surface area (Å²) in [6.45, 7) is 5.70. The van der Waals surface area contributed by atoms with E-state index in [9.17, 15) is 4.79 Å². The summed E-state index contributed by atoms with van der Waals surface area (Å²) in [6.07, 6.45) is 6.70. The fourth-order valence-corrected chi connectivity index (χ4v) is 7.42. The van der Waals surface area contributed by atoms with Crippen molar-refractivity contribution < 1.29 is 4.79 Å². The van der Waals surface area contributed by atoms with E-state index in [0.717, 1.165) is 58.3 Å². The summed E-state index contributed by atoms with van der Waals surface area (Å²) in [5, 5.41) is 0. The Hall–Kier alpha value is -1.22. The van der Waals surface area contributed by atoms with E-state index in [4.69, 9.17) is 11.6 Å². The van der Waals surface area contributed by atoms with E-state index in [1.807, 2.05) is 0 Å². The van der Waals surface area contributed by atoms with E-state index in [-0.39, 0.29) is 10.3 Å². The SMILES string of the molecule is Cc1cccc(N2CCN(C(=O)C34C[C@H]5C[C@@H](CC(Cl)(C5)C3)C4)CC2)c1. The van der Waals surface area contributed by atoms with Gasteiger partial charge in [0.05, 0.1) is 5.41 Å². The van der Waals surface area contributed by atoms with Crippen LogP contribution in [-0.2, 0) is 4.79 Å². The van der Waals surface area contributed by atoms with E-state index >= 15 is 0 Å². The Morgan fingerprint density at radius 2 is 1.77 bits per heavy atom. The number of benzene rings is 1. The fourth-order valence-electron chi connectivity index (χ4n) is 6.73. The zero-order chi connectivity index (χ0) is 17.9. The molecule has 4 heteroatoms. The Kier molecular flexibility index (Phi) is 3.83. The van der Waals surface area contributed by atoms with Crippen molar-refractivity contribution in [3.05, 3.63) is 29.8 Å². The van der Waals surface area contributed by atoms with Gasteiger partial charge in [0.2, 0.25) is 5.91 Å². The van der Waals surface area contributed by atoms with Crippen LogP contribution in [0.4, 0.5) is 5.69 Å². The third-order valence-corrected chi connectivity index (χ3v) is 7.82. The van der Waals surface area contributed by atoms with Crippen LogP contribution in [0.1, 0.15) is 44.1 Å². The lowest BCUT2D eigenvalue weighted by atomic mass is 9.49. The van der Waals surface area contributed by atoms with Gasteiger partial charge in [-0.3, -0.25) is 4.79 Å². The molecule has 6 rings (SSSR count). The molecule has 1 heterocycles. The summed E-state index contributed by atoms with van der Waals surface area (Å²) in [4.78, 5) is 18.0. The third kappa shape index (κ3) is 2.74. The molecule has 3 nitrogen and oxygen atoms in total. The number of rotatable bonds is 2. The molecule has 0 radical (unpaired) electrons. The second-order valence-corrected chi connectivity index (χ2v) is 10.3. The lowest BCUT2D eigenvalue weighted by Crippen LogP contribution is -2.61. The molecule has 2 atom stereocenters. The summed E-state index contributed by atoms with van der Waals surface area (Å²) in [5.41, 5.74) is 2.44. The van der Waals surface area contributed by atoms with Gasteiger partial charge in [0.15, 0.2) is 0 Å². The zero-order valence-corrected chi connectivity index (χ0v) is 16.5. The molecule has 4 bridgehead atoms. The molecule has 1 aliphatic heterocycles. The Bertz CT molecular complexity index is 711. The number of piperazine rings is 1. The molecule has 1 aromatic rings. The number of alkyl halides is 1. The van der Waals surface area contributed by atoms with Crippen LogP contribution in [-0.4, -0.2) is 41.9 Å². The van der Waals surface area contributed by atoms with E-state index in [2.05, 4.69) is 41.0 Å². The molecule has 0 aromatic heterocycles. The molecule has 1 aromatic carbocycles. The number of hydrogen-bond acceptors (Lipinski definition) is 2. The van der Waals surface area contributed by atoms with Gasteiger partial charge in [0.25, 0.3) is 0 Å². The summed E-state index contributed by atoms with van der Waals surface area (Å²) < 4.78 is 0. The average molecular weight is 373 g/mol. The fraction of sp³-hybridized carbons (Fsp3) is 0.682. The van der Waals surface area contributed by atoms with Gasteiger partial charge < -0.3 is 9.80 Å². The van der Waals surface area contributed by atoms with Crippen molar-refractivity contribution in [1.29, 1.82) is 0 Å². The number of nitrogens with zero attached hydrogens (tertiary/aromatic N) is 2. The number of hydrogen-bond donors (Lipinski definition) is 0. The summed E-state index contributed by atoms with van der Waals surface area (Å²) in [7, 11) is 0. The standard InChI is InChI=1S/C22H29ClN2O/c1-16-3-2-4-19(9-16)24-5-7-25(8-6-24)20(26)21-11-17-10-18(12-21)14-22(23,13-17)15-21/h2-4,9,17-18H,5-8,10-15H2,1H3/t17-,18-,21?,22?/m1/s1. The maximum Gasteiger partial charge on any atom is 0.228 e. The molecule has 5 fully saturated rings. The molecule has 1 saturated heterocycles. The van der Waals surface area contributed by atoms with Crippen molar-refractivity contribution >= 4 is 23.2 Å². The van der Waals surface area contributed by atoms with Crippen LogP contribution in [0.3, 0.4) is 0 Å². The van der Waals surface area contributed by atoms with Crippen LogP contribution in [0.15, 0.2) is 24.3 Å². The Balaban J connectivity index is 1.29. The van der Waals surface area contributed by atoms with E-state index in [1.165, 1.54) is 17.7 Å². The molecular formula is C22H29ClN2O. The molecule has 26 heavy (non-hydrogen) atoms. The van der Waals surface area contributed by atoms with Crippen molar-refractivity contribution in [2.24, 2.45) is 17.3 Å². The van der Waals surface area contributed by atoms with Gasteiger partial charge in [-0.2, -0.15) is 0 Å². The molecule has 1 amide bonds. The molecule has 140 valence electrons. The van der Waals surface area contributed by atoms with Crippen LogP contribution in [0.2, 0.25) is 0 Å². The van der Waals surface area contributed by atoms with Crippen LogP contribution in [0, 0.1) is 24.2 Å². The van der Waals surface area contributed by atoms with Crippen molar-refractivity contribution in [3.8, 4) is 0 Å². The maximum atomic E-state index is 13.5. The Morgan fingerprint density at radius 1 is 1.08 bits per heavy atom. The predicted molar refractivity (Wildman–Crippen MR) is 106 cm³/mol.